The predicted octanol–water partition coefficient (Wildman–Crippen LogP) is 7.30. The third kappa shape index (κ3) is 4.02. The van der Waals surface area contributed by atoms with Crippen LogP contribution in [0.1, 0.15) is 75.0 Å². The number of carbonyl (C=O) groups excluding carboxylic acids is 1. The first-order valence-corrected chi connectivity index (χ1v) is 12.7. The smallest absolute Gasteiger partial charge is 0.256 e. The maximum absolute atomic E-state index is 13.6. The maximum atomic E-state index is 13.6. The van der Waals surface area contributed by atoms with E-state index in [4.69, 9.17) is 4.74 Å². The molecule has 0 radical (unpaired) electrons. The van der Waals surface area contributed by atoms with Crippen LogP contribution in [0.4, 0.5) is 5.69 Å². The van der Waals surface area contributed by atoms with Gasteiger partial charge in [0.15, 0.2) is 0 Å². The summed E-state index contributed by atoms with van der Waals surface area (Å²) in [7, 11) is 1.76. The fourth-order valence-corrected chi connectivity index (χ4v) is 6.19. The number of carbonyl (C=O) groups is 1. The molecule has 0 fully saturated rings. The lowest BCUT2D eigenvalue weighted by atomic mass is 9.80. The molecule has 0 bridgehead atoms. The zero-order valence-electron chi connectivity index (χ0n) is 20.9. The molecule has 3 aromatic rings. The van der Waals surface area contributed by atoms with Crippen LogP contribution in [0, 0.1) is 20.8 Å². The van der Waals surface area contributed by atoms with Crippen molar-refractivity contribution in [3.63, 3.8) is 0 Å². The molecule has 5 rings (SSSR count). The highest BCUT2D eigenvalue weighted by Crippen LogP contribution is 2.46. The van der Waals surface area contributed by atoms with Crippen LogP contribution in [0.5, 0.6) is 5.75 Å². The Morgan fingerprint density at radius 2 is 1.32 bits per heavy atom. The van der Waals surface area contributed by atoms with Crippen molar-refractivity contribution in [2.24, 2.45) is 0 Å². The van der Waals surface area contributed by atoms with E-state index in [0.717, 1.165) is 53.8 Å². The van der Waals surface area contributed by atoms with Gasteiger partial charge in [0, 0.05) is 22.4 Å². The summed E-state index contributed by atoms with van der Waals surface area (Å²) in [6.07, 6.45) is 9.18. The Morgan fingerprint density at radius 1 is 0.765 bits per heavy atom. The summed E-state index contributed by atoms with van der Waals surface area (Å²) in [4.78, 5) is 13.6. The van der Waals surface area contributed by atoms with Crippen molar-refractivity contribution in [2.75, 3.05) is 12.4 Å². The van der Waals surface area contributed by atoms with Gasteiger partial charge in [-0.1, -0.05) is 29.8 Å². The van der Waals surface area contributed by atoms with Crippen molar-refractivity contribution < 1.29 is 9.53 Å². The lowest BCUT2D eigenvalue weighted by molar-refractivity contribution is 0.102. The summed E-state index contributed by atoms with van der Waals surface area (Å²) in [5, 5.41) is 3.34. The Labute approximate surface area is 203 Å². The van der Waals surface area contributed by atoms with Crippen LogP contribution in [0.25, 0.3) is 11.1 Å². The van der Waals surface area contributed by atoms with E-state index >= 15 is 0 Å². The molecule has 0 atom stereocenters. The van der Waals surface area contributed by atoms with E-state index < -0.39 is 0 Å². The molecule has 0 spiro atoms. The number of hydrogen-bond donors (Lipinski definition) is 1. The Morgan fingerprint density at radius 3 is 1.94 bits per heavy atom. The summed E-state index contributed by atoms with van der Waals surface area (Å²) in [6, 6.07) is 12.9. The fourth-order valence-electron chi connectivity index (χ4n) is 6.19. The van der Waals surface area contributed by atoms with Crippen LogP contribution in [-0.4, -0.2) is 13.0 Å². The SMILES string of the molecule is COc1ccc2c(c1-c1c(NC(=O)c3c(C)cc(C)cc3C)ccc3c1CCCC3)CCCC2. The van der Waals surface area contributed by atoms with Crippen molar-refractivity contribution in [2.45, 2.75) is 72.1 Å². The van der Waals surface area contributed by atoms with Gasteiger partial charge in [0.25, 0.3) is 5.91 Å². The third-order valence-electron chi connectivity index (χ3n) is 7.65. The van der Waals surface area contributed by atoms with Gasteiger partial charge in [-0.2, -0.15) is 0 Å². The number of aryl methyl sites for hydroxylation is 5. The maximum Gasteiger partial charge on any atom is 0.256 e. The average molecular weight is 454 g/mol. The molecule has 176 valence electrons. The van der Waals surface area contributed by atoms with Crippen molar-refractivity contribution in [1.29, 1.82) is 0 Å². The third-order valence-corrected chi connectivity index (χ3v) is 7.65. The Balaban J connectivity index is 1.69. The number of anilines is 1. The van der Waals surface area contributed by atoms with Crippen molar-refractivity contribution in [1.82, 2.24) is 0 Å². The van der Waals surface area contributed by atoms with Crippen molar-refractivity contribution >= 4 is 11.6 Å². The summed E-state index contributed by atoms with van der Waals surface area (Å²) < 4.78 is 5.94. The van der Waals surface area contributed by atoms with Gasteiger partial charge in [0.1, 0.15) is 5.75 Å². The van der Waals surface area contributed by atoms with E-state index in [0.29, 0.717) is 0 Å². The Kier molecular flexibility index (Phi) is 6.20. The van der Waals surface area contributed by atoms with E-state index in [-0.39, 0.29) is 5.91 Å². The van der Waals surface area contributed by atoms with Crippen LogP contribution in [0.3, 0.4) is 0 Å². The molecule has 3 nitrogen and oxygen atoms in total. The summed E-state index contributed by atoms with van der Waals surface area (Å²) in [5.74, 6) is 0.883. The first-order chi connectivity index (χ1) is 16.5. The quantitative estimate of drug-likeness (QED) is 0.450. The van der Waals surface area contributed by atoms with Gasteiger partial charge < -0.3 is 10.1 Å². The molecule has 0 unspecified atom stereocenters. The lowest BCUT2D eigenvalue weighted by Crippen LogP contribution is -2.18. The Hall–Kier alpha value is -3.07. The molecule has 1 N–H and O–H groups in total. The van der Waals surface area contributed by atoms with Gasteiger partial charge in [-0.3, -0.25) is 4.79 Å². The summed E-state index contributed by atoms with van der Waals surface area (Å²) in [6.45, 7) is 6.13. The zero-order chi connectivity index (χ0) is 23.8. The normalized spacial score (nSPS) is 14.8. The fraction of sp³-hybridized carbons (Fsp3) is 0.387. The van der Waals surface area contributed by atoms with Gasteiger partial charge in [-0.25, -0.2) is 0 Å². The monoisotopic (exact) mass is 453 g/mol. The molecule has 0 saturated carbocycles. The first-order valence-electron chi connectivity index (χ1n) is 12.7. The molecule has 2 aliphatic rings. The van der Waals surface area contributed by atoms with E-state index in [1.165, 1.54) is 64.6 Å². The second-order valence-corrected chi connectivity index (χ2v) is 10.0. The number of nitrogens with one attached hydrogen (secondary N) is 1. The molecule has 0 saturated heterocycles. The van der Waals surface area contributed by atoms with Crippen LogP contribution in [0.15, 0.2) is 36.4 Å². The van der Waals surface area contributed by atoms with E-state index in [1.54, 1.807) is 7.11 Å². The second-order valence-electron chi connectivity index (χ2n) is 10.0. The van der Waals surface area contributed by atoms with Crippen LogP contribution in [-0.2, 0) is 25.7 Å². The van der Waals surface area contributed by atoms with Gasteiger partial charge in [0.2, 0.25) is 0 Å². The van der Waals surface area contributed by atoms with Gasteiger partial charge in [0.05, 0.1) is 7.11 Å². The topological polar surface area (TPSA) is 38.3 Å². The lowest BCUT2D eigenvalue weighted by Gasteiger charge is -2.28. The molecular weight excluding hydrogens is 418 g/mol. The zero-order valence-corrected chi connectivity index (χ0v) is 20.9. The second kappa shape index (κ2) is 9.29. The number of fused-ring (bicyclic) bond motifs is 2. The molecule has 0 heterocycles. The molecule has 1 amide bonds. The van der Waals surface area contributed by atoms with Gasteiger partial charge in [-0.15, -0.1) is 0 Å². The van der Waals surface area contributed by atoms with Gasteiger partial charge in [-0.05, 0) is 118 Å². The highest BCUT2D eigenvalue weighted by atomic mass is 16.5. The van der Waals surface area contributed by atoms with E-state index in [2.05, 4.69) is 48.6 Å². The number of hydrogen-bond acceptors (Lipinski definition) is 2. The Bertz CT molecular complexity index is 1250. The van der Waals surface area contributed by atoms with Crippen LogP contribution >= 0.6 is 0 Å². The van der Waals surface area contributed by atoms with Crippen molar-refractivity contribution in [3.8, 4) is 16.9 Å². The van der Waals surface area contributed by atoms with Crippen LogP contribution < -0.4 is 10.1 Å². The number of amides is 1. The van der Waals surface area contributed by atoms with E-state index in [9.17, 15) is 4.79 Å². The molecule has 3 heteroatoms. The highest BCUT2D eigenvalue weighted by Gasteiger charge is 2.26. The summed E-state index contributed by atoms with van der Waals surface area (Å²) >= 11 is 0. The highest BCUT2D eigenvalue weighted by molar-refractivity contribution is 6.09. The minimum absolute atomic E-state index is 0.0317. The van der Waals surface area contributed by atoms with E-state index in [1.807, 2.05) is 13.8 Å². The molecule has 0 aliphatic heterocycles. The van der Waals surface area contributed by atoms with Gasteiger partial charge >= 0.3 is 0 Å². The molecule has 3 aromatic carbocycles. The number of benzene rings is 3. The van der Waals surface area contributed by atoms with Crippen LogP contribution in [0.2, 0.25) is 0 Å². The molecular formula is C31H35NO2. The molecule has 2 aliphatic carbocycles. The predicted molar refractivity (Wildman–Crippen MR) is 140 cm³/mol. The average Bonchev–Trinajstić information content (AvgIpc) is 2.82. The first kappa shape index (κ1) is 22.7. The molecule has 0 aromatic heterocycles. The van der Waals surface area contributed by atoms with Crippen molar-refractivity contribution in [3.05, 3.63) is 80.9 Å². The summed E-state index contributed by atoms with van der Waals surface area (Å²) in [5.41, 5.74) is 12.9. The number of methoxy groups -OCH3 is 1. The number of rotatable bonds is 4. The minimum Gasteiger partial charge on any atom is -0.496 e. The minimum atomic E-state index is -0.0317. The largest absolute Gasteiger partial charge is 0.496 e. The molecule has 34 heavy (non-hydrogen) atoms. The standard InChI is InChI=1S/C31H35NO2/c1-19-17-20(2)28(21(3)18-19)31(33)32-26-15-13-22-9-5-7-11-24(22)29(26)30-25-12-8-6-10-23(25)14-16-27(30)34-4/h13-18H,5-12H2,1-4H3,(H,32,33). The number of ether oxygens (including phenoxy) is 1.